The van der Waals surface area contributed by atoms with Crippen molar-refractivity contribution in [3.05, 3.63) is 288 Å². The van der Waals surface area contributed by atoms with Gasteiger partial charge in [0.2, 0.25) is 10.0 Å². The first kappa shape index (κ1) is 82.1. The van der Waals surface area contributed by atoms with Gasteiger partial charge in [-0.05, 0) is 170 Å². The molecule has 0 aliphatic heterocycles. The van der Waals surface area contributed by atoms with E-state index in [1.165, 1.54) is 74.8 Å². The molecule has 28 nitrogen and oxygen atoms in total. The van der Waals surface area contributed by atoms with E-state index in [0.717, 1.165) is 63.9 Å². The second-order valence-electron chi connectivity index (χ2n) is 26.1. The Morgan fingerprint density at radius 3 is 1.27 bits per heavy atom. The molecule has 1 aliphatic carbocycles. The third kappa shape index (κ3) is 20.1. The molecule has 0 spiro atoms. The third-order valence-corrected chi connectivity index (χ3v) is 23.8. The molecular formula is C81H75ClN12O16S4. The van der Waals surface area contributed by atoms with Gasteiger partial charge in [-0.1, -0.05) is 175 Å². The lowest BCUT2D eigenvalue weighted by atomic mass is 9.99. The summed E-state index contributed by atoms with van der Waals surface area (Å²) in [6.07, 6.45) is 6.65. The molecule has 4 heterocycles. The second kappa shape index (κ2) is 35.7. The van der Waals surface area contributed by atoms with Crippen LogP contribution in [0.5, 0.6) is 0 Å². The molecule has 0 amide bonds. The Morgan fingerprint density at radius 1 is 0.447 bits per heavy atom. The van der Waals surface area contributed by atoms with Crippen LogP contribution in [0.2, 0.25) is 5.15 Å². The largest absolute Gasteiger partial charge is 0.478 e. The quantitative estimate of drug-likeness (QED) is 0.0278. The van der Waals surface area contributed by atoms with Crippen molar-refractivity contribution in [2.24, 2.45) is 14.1 Å². The molecular weight excluding hydrogens is 1560 g/mol. The number of aryl methyl sites for hydroxylation is 3. The van der Waals surface area contributed by atoms with Crippen molar-refractivity contribution in [1.82, 2.24) is 38.8 Å². The van der Waals surface area contributed by atoms with Crippen molar-refractivity contribution in [3.63, 3.8) is 0 Å². The van der Waals surface area contributed by atoms with E-state index in [9.17, 15) is 73.3 Å². The number of pyridine rings is 1. The summed E-state index contributed by atoms with van der Waals surface area (Å²) in [5, 5.41) is 45.9. The SMILES string of the molecule is CN(C)CCCS(=O)(=O)Nc1cc(-c2ccccc2)ccc1C(=O)O.Cn1nc2c(c1S(=O)(=O)Nc1cc(-c3ccccc3)ccc1C(=O)O)CCCC2.Cn1ncnc1-c1cccc(S(=O)(=O)Nc2cc(-c3ccccc3)ccc2C(=O)O)c1.O=C(O)c1ccc(-c2ccccc2)cc1NS(=O)(=O)c1c(Cl)nc2ccccn12. The number of halogens is 1. The molecule has 0 fully saturated rings. The molecule has 0 atom stereocenters. The molecule has 33 heteroatoms. The molecule has 0 unspecified atom stereocenters. The van der Waals surface area contributed by atoms with Crippen LogP contribution in [0.25, 0.3) is 61.5 Å². The van der Waals surface area contributed by atoms with Gasteiger partial charge in [0.05, 0.1) is 61.3 Å². The van der Waals surface area contributed by atoms with E-state index in [4.69, 9.17) is 11.6 Å². The van der Waals surface area contributed by atoms with Gasteiger partial charge in [0.1, 0.15) is 12.0 Å². The zero-order valence-corrected chi connectivity index (χ0v) is 65.4. The van der Waals surface area contributed by atoms with Crippen molar-refractivity contribution in [1.29, 1.82) is 0 Å². The fourth-order valence-electron chi connectivity index (χ4n) is 12.4. The Hall–Kier alpha value is -12.9. The maximum atomic E-state index is 13.2. The molecule has 0 radical (unpaired) electrons. The van der Waals surface area contributed by atoms with Gasteiger partial charge in [0.15, 0.2) is 21.0 Å². The smallest absolute Gasteiger partial charge is 0.337 e. The van der Waals surface area contributed by atoms with Gasteiger partial charge in [-0.2, -0.15) is 27.0 Å². The number of nitrogens with one attached hydrogen (secondary N) is 4. The number of benzene rings is 9. The Balaban J connectivity index is 0.000000150. The van der Waals surface area contributed by atoms with E-state index in [1.807, 2.05) is 140 Å². The number of nitrogens with zero attached hydrogens (tertiary/aromatic N) is 8. The van der Waals surface area contributed by atoms with Crippen LogP contribution in [-0.2, 0) is 67.0 Å². The molecule has 14 rings (SSSR count). The lowest BCUT2D eigenvalue weighted by molar-refractivity contribution is 0.0687. The monoisotopic (exact) mass is 1630 g/mol. The fourth-order valence-corrected chi connectivity index (χ4v) is 17.9. The van der Waals surface area contributed by atoms with Gasteiger partial charge in [-0.3, -0.25) is 28.0 Å². The highest BCUT2D eigenvalue weighted by atomic mass is 35.5. The maximum Gasteiger partial charge on any atom is 0.337 e. The van der Waals surface area contributed by atoms with Crippen LogP contribution in [0.3, 0.4) is 0 Å². The Kier molecular flexibility index (Phi) is 25.7. The van der Waals surface area contributed by atoms with Crippen LogP contribution in [-0.4, -0.2) is 143 Å². The van der Waals surface area contributed by atoms with Crippen molar-refractivity contribution < 1.29 is 73.3 Å². The summed E-state index contributed by atoms with van der Waals surface area (Å²) >= 11 is 6.08. The van der Waals surface area contributed by atoms with Gasteiger partial charge >= 0.3 is 23.9 Å². The van der Waals surface area contributed by atoms with E-state index in [1.54, 1.807) is 80.8 Å². The number of hydrogen-bond acceptors (Lipinski definition) is 17. The molecule has 0 bridgehead atoms. The number of rotatable bonds is 24. The summed E-state index contributed by atoms with van der Waals surface area (Å²) in [7, 11) is -8.89. The first-order chi connectivity index (χ1) is 54.4. The average molecular weight is 1640 g/mol. The standard InChI is InChI=1S/C22H18N4O4S.C21H21N3O4S.C20H14ClN3O4S.C18H22N2O4S/c1-26-21(23-14-24-26)17-8-5-9-18(12-17)31(29,30)25-20-13-16(10-11-19(20)22(27)28)15-6-3-2-4-7-15;1-24-20(16-9-5-6-10-18(16)22-24)29(27,28)23-19-13-15(11-12-17(19)21(25)26)14-7-3-2-4-8-14;21-18-19(24-11-5-4-8-17(24)22-18)29(27,28)23-16-12-14(9-10-15(16)20(25)26)13-6-2-1-3-7-13;1-20(2)11-6-12-25(23,24)19-17-13-15(9-10-16(17)18(21)22)14-7-4-3-5-8-14/h2-14,25H,1H3,(H,27,28);2-4,7-8,11-13,23H,5-6,9-10H2,1H3,(H,25,26);1-12,23H,(H,25,26);3-5,7-10,13,19H,6,11-12H2,1-2H3,(H,21,22). The number of anilines is 4. The third-order valence-electron chi connectivity index (χ3n) is 17.8. The van der Waals surface area contributed by atoms with Crippen LogP contribution in [0, 0.1) is 0 Å². The maximum absolute atomic E-state index is 13.2. The van der Waals surface area contributed by atoms with Crippen LogP contribution >= 0.6 is 11.6 Å². The summed E-state index contributed by atoms with van der Waals surface area (Å²) in [6, 6.07) is 66.7. The minimum atomic E-state index is -4.23. The second-order valence-corrected chi connectivity index (χ2v) is 33.1. The van der Waals surface area contributed by atoms with Gasteiger partial charge in [-0.15, -0.1) is 0 Å². The number of aromatic carboxylic acids is 4. The molecule has 0 saturated carbocycles. The van der Waals surface area contributed by atoms with Crippen LogP contribution in [0.15, 0.2) is 264 Å². The van der Waals surface area contributed by atoms with E-state index in [-0.39, 0.29) is 70.9 Å². The first-order valence-corrected chi connectivity index (χ1v) is 41.4. The van der Waals surface area contributed by atoms with Crippen molar-refractivity contribution >= 4 is 104 Å². The number of carbonyl (C=O) groups is 4. The summed E-state index contributed by atoms with van der Waals surface area (Å²) < 4.78 is 117. The number of fused-ring (bicyclic) bond motifs is 2. The van der Waals surface area contributed by atoms with E-state index >= 15 is 0 Å². The minimum Gasteiger partial charge on any atom is -0.478 e. The molecule has 1 aliphatic rings. The first-order valence-electron chi connectivity index (χ1n) is 34.9. The molecule has 4 aromatic heterocycles. The van der Waals surface area contributed by atoms with Crippen LogP contribution < -0.4 is 18.9 Å². The van der Waals surface area contributed by atoms with Gasteiger partial charge in [0, 0.05) is 31.4 Å². The number of sulfonamides is 4. The van der Waals surface area contributed by atoms with Gasteiger partial charge in [-0.25, -0.2) is 50.7 Å². The molecule has 8 N–H and O–H groups in total. The Bertz CT molecular complexity index is 6220. The Labute approximate surface area is 661 Å². The van der Waals surface area contributed by atoms with Crippen LogP contribution in [0.1, 0.15) is 72.0 Å². The average Bonchev–Trinajstić information content (AvgIpc) is 1.61. The number of aromatic nitrogens is 7. The highest BCUT2D eigenvalue weighted by Gasteiger charge is 2.31. The van der Waals surface area contributed by atoms with Crippen molar-refractivity contribution in [3.8, 4) is 55.9 Å². The predicted octanol–water partition coefficient (Wildman–Crippen LogP) is 14.0. The zero-order valence-electron chi connectivity index (χ0n) is 61.4. The zero-order chi connectivity index (χ0) is 81.7. The van der Waals surface area contributed by atoms with E-state index < -0.39 is 64.0 Å². The predicted molar refractivity (Wildman–Crippen MR) is 435 cm³/mol. The molecule has 0 saturated heterocycles. The highest BCUT2D eigenvalue weighted by Crippen LogP contribution is 2.35. The van der Waals surface area contributed by atoms with Crippen molar-refractivity contribution in [2.75, 3.05) is 45.3 Å². The van der Waals surface area contributed by atoms with E-state index in [2.05, 4.69) is 39.1 Å². The summed E-state index contributed by atoms with van der Waals surface area (Å²) in [4.78, 5) is 56.5. The summed E-state index contributed by atoms with van der Waals surface area (Å²) in [5.41, 5.74) is 8.20. The number of carboxylic acid groups (broad SMARTS) is 4. The summed E-state index contributed by atoms with van der Waals surface area (Å²) in [5.74, 6) is -4.43. The number of imidazole rings is 1. The number of hydrogen-bond donors (Lipinski definition) is 8. The molecule has 13 aromatic rings. The lowest BCUT2D eigenvalue weighted by Gasteiger charge is -2.15. The Morgan fingerprint density at radius 2 is 0.851 bits per heavy atom. The van der Waals surface area contributed by atoms with Crippen LogP contribution in [0.4, 0.5) is 22.7 Å². The fraction of sp³-hybridized carbons (Fsp3) is 0.136. The van der Waals surface area contributed by atoms with Gasteiger partial charge in [0.25, 0.3) is 30.1 Å². The molecule has 9 aromatic carbocycles. The summed E-state index contributed by atoms with van der Waals surface area (Å²) in [6.45, 7) is 0.636. The molecule has 114 heavy (non-hydrogen) atoms. The molecule has 586 valence electrons. The topological polar surface area (TPSA) is 403 Å². The minimum absolute atomic E-state index is 0.0158. The van der Waals surface area contributed by atoms with Gasteiger partial charge < -0.3 is 25.3 Å². The van der Waals surface area contributed by atoms with Crippen molar-refractivity contribution in [2.45, 2.75) is 47.1 Å². The highest BCUT2D eigenvalue weighted by molar-refractivity contribution is 7.93. The van der Waals surface area contributed by atoms with E-state index in [0.29, 0.717) is 47.5 Å². The number of carboxylic acids is 4. The normalized spacial score (nSPS) is 12.0. The lowest BCUT2D eigenvalue weighted by Crippen LogP contribution is -2.22.